The van der Waals surface area contributed by atoms with Crippen LogP contribution in [0.2, 0.25) is 0 Å². The molecule has 1 amide bonds. The molecule has 0 saturated carbocycles. The second-order valence-corrected chi connectivity index (χ2v) is 4.14. The number of hydrogen-bond donors (Lipinski definition) is 3. The lowest BCUT2D eigenvalue weighted by Crippen LogP contribution is -2.39. The predicted molar refractivity (Wildman–Crippen MR) is 63.2 cm³/mol. The minimum absolute atomic E-state index is 0.0490. The van der Waals surface area contributed by atoms with Crippen LogP contribution in [0.15, 0.2) is 0 Å². The molecule has 0 saturated heterocycles. The molecule has 5 heteroatoms. The van der Waals surface area contributed by atoms with Crippen molar-refractivity contribution in [1.82, 2.24) is 10.6 Å². The molecule has 0 aromatic heterocycles. The van der Waals surface area contributed by atoms with Gasteiger partial charge in [-0.2, -0.15) is 0 Å². The summed E-state index contributed by atoms with van der Waals surface area (Å²) in [7, 11) is 1.64. The van der Waals surface area contributed by atoms with Gasteiger partial charge in [-0.3, -0.25) is 4.79 Å². The van der Waals surface area contributed by atoms with Crippen molar-refractivity contribution >= 4 is 5.91 Å². The molecule has 0 heterocycles. The number of amides is 1. The Bertz CT molecular complexity index is 186. The van der Waals surface area contributed by atoms with Crippen LogP contribution in [0.25, 0.3) is 0 Å². The molecule has 3 N–H and O–H groups in total. The number of methoxy groups -OCH3 is 1. The molecule has 96 valence electrons. The molecule has 16 heavy (non-hydrogen) atoms. The van der Waals surface area contributed by atoms with Crippen LogP contribution >= 0.6 is 0 Å². The molecule has 0 fully saturated rings. The van der Waals surface area contributed by atoms with E-state index in [4.69, 9.17) is 4.74 Å². The summed E-state index contributed by atoms with van der Waals surface area (Å²) in [4.78, 5) is 11.3. The lowest BCUT2D eigenvalue weighted by atomic mass is 10.1. The first-order valence-electron chi connectivity index (χ1n) is 5.72. The van der Waals surface area contributed by atoms with Crippen LogP contribution in [0, 0.1) is 5.92 Å². The molecule has 0 aliphatic rings. The van der Waals surface area contributed by atoms with E-state index in [9.17, 15) is 9.90 Å². The Morgan fingerprint density at radius 3 is 2.69 bits per heavy atom. The van der Waals surface area contributed by atoms with Crippen LogP contribution in [0.5, 0.6) is 0 Å². The first-order chi connectivity index (χ1) is 7.57. The smallest absolute Gasteiger partial charge is 0.233 e. The second-order valence-electron chi connectivity index (χ2n) is 4.14. The summed E-state index contributed by atoms with van der Waals surface area (Å²) in [6.45, 7) is 5.86. The minimum atomic E-state index is -0.402. The number of aliphatic hydroxyl groups is 1. The Morgan fingerprint density at radius 2 is 2.12 bits per heavy atom. The first kappa shape index (κ1) is 15.3. The topological polar surface area (TPSA) is 70.6 Å². The van der Waals surface area contributed by atoms with Crippen LogP contribution in [0.1, 0.15) is 20.3 Å². The van der Waals surface area contributed by atoms with Gasteiger partial charge in [0.05, 0.1) is 12.6 Å². The van der Waals surface area contributed by atoms with Crippen LogP contribution in [-0.2, 0) is 9.53 Å². The van der Waals surface area contributed by atoms with Gasteiger partial charge >= 0.3 is 0 Å². The van der Waals surface area contributed by atoms with E-state index in [0.29, 0.717) is 19.7 Å². The molecule has 0 aromatic carbocycles. The van der Waals surface area contributed by atoms with E-state index in [-0.39, 0.29) is 18.4 Å². The van der Waals surface area contributed by atoms with Gasteiger partial charge in [0.25, 0.3) is 0 Å². The molecular weight excluding hydrogens is 208 g/mol. The van der Waals surface area contributed by atoms with E-state index in [1.807, 2.05) is 13.8 Å². The van der Waals surface area contributed by atoms with Crippen molar-refractivity contribution in [3.63, 3.8) is 0 Å². The predicted octanol–water partition coefficient (Wildman–Crippen LogP) is -0.254. The molecule has 0 bridgehead atoms. The zero-order valence-corrected chi connectivity index (χ0v) is 10.5. The van der Waals surface area contributed by atoms with E-state index in [1.54, 1.807) is 7.11 Å². The first-order valence-corrected chi connectivity index (χ1v) is 5.72. The van der Waals surface area contributed by atoms with Crippen molar-refractivity contribution in [2.24, 2.45) is 5.92 Å². The van der Waals surface area contributed by atoms with Gasteiger partial charge in [-0.15, -0.1) is 0 Å². The van der Waals surface area contributed by atoms with Gasteiger partial charge < -0.3 is 20.5 Å². The standard InChI is InChI=1S/C11H24N2O3/c1-9(2)10(14)7-12-8-11(15)13-5-4-6-16-3/h9-10,12,14H,4-8H2,1-3H3,(H,13,15). The zero-order chi connectivity index (χ0) is 12.4. The van der Waals surface area contributed by atoms with Crippen molar-refractivity contribution in [3.05, 3.63) is 0 Å². The van der Waals surface area contributed by atoms with Gasteiger partial charge in [0.15, 0.2) is 0 Å². The number of hydrogen-bond acceptors (Lipinski definition) is 4. The van der Waals surface area contributed by atoms with Gasteiger partial charge in [-0.25, -0.2) is 0 Å². The molecule has 0 aromatic rings. The van der Waals surface area contributed by atoms with Gasteiger partial charge in [0, 0.05) is 26.8 Å². The monoisotopic (exact) mass is 232 g/mol. The van der Waals surface area contributed by atoms with E-state index in [0.717, 1.165) is 6.42 Å². The summed E-state index contributed by atoms with van der Waals surface area (Å²) >= 11 is 0. The molecule has 0 aliphatic heterocycles. The Balaban J connectivity index is 3.37. The number of carbonyl (C=O) groups excluding carboxylic acids is 1. The minimum Gasteiger partial charge on any atom is -0.392 e. The van der Waals surface area contributed by atoms with E-state index >= 15 is 0 Å². The van der Waals surface area contributed by atoms with E-state index in [2.05, 4.69) is 10.6 Å². The third kappa shape index (κ3) is 8.64. The maximum atomic E-state index is 11.3. The van der Waals surface area contributed by atoms with Crippen LogP contribution in [0.4, 0.5) is 0 Å². The molecule has 1 unspecified atom stereocenters. The molecule has 0 aliphatic carbocycles. The molecular formula is C11H24N2O3. The summed E-state index contributed by atoms with van der Waals surface area (Å²) in [5.41, 5.74) is 0. The van der Waals surface area contributed by atoms with Crippen LogP contribution in [-0.4, -0.2) is 50.5 Å². The Hall–Kier alpha value is -0.650. The Kier molecular flexibility index (Phi) is 9.18. The summed E-state index contributed by atoms with van der Waals surface area (Å²) in [6, 6.07) is 0. The SMILES string of the molecule is COCCCNC(=O)CNCC(O)C(C)C. The highest BCUT2D eigenvalue weighted by Gasteiger charge is 2.08. The average molecular weight is 232 g/mol. The fourth-order valence-corrected chi connectivity index (χ4v) is 1.08. The lowest BCUT2D eigenvalue weighted by Gasteiger charge is -2.14. The summed E-state index contributed by atoms with van der Waals surface area (Å²) in [6.07, 6.45) is 0.415. The Morgan fingerprint density at radius 1 is 1.44 bits per heavy atom. The van der Waals surface area contributed by atoms with Crippen molar-refractivity contribution in [2.75, 3.05) is 33.4 Å². The van der Waals surface area contributed by atoms with Gasteiger partial charge in [0.1, 0.15) is 0 Å². The maximum absolute atomic E-state index is 11.3. The largest absolute Gasteiger partial charge is 0.392 e. The van der Waals surface area contributed by atoms with Crippen molar-refractivity contribution in [2.45, 2.75) is 26.4 Å². The van der Waals surface area contributed by atoms with Crippen molar-refractivity contribution < 1.29 is 14.6 Å². The number of nitrogens with one attached hydrogen (secondary N) is 2. The molecule has 1 atom stereocenters. The normalized spacial score (nSPS) is 12.8. The number of ether oxygens (including phenoxy) is 1. The molecule has 5 nitrogen and oxygen atoms in total. The van der Waals surface area contributed by atoms with Crippen molar-refractivity contribution in [1.29, 1.82) is 0 Å². The third-order valence-corrected chi connectivity index (χ3v) is 2.26. The van der Waals surface area contributed by atoms with Gasteiger partial charge in [-0.1, -0.05) is 13.8 Å². The fraction of sp³-hybridized carbons (Fsp3) is 0.909. The zero-order valence-electron chi connectivity index (χ0n) is 10.5. The average Bonchev–Trinajstić information content (AvgIpc) is 2.24. The van der Waals surface area contributed by atoms with E-state index < -0.39 is 6.10 Å². The number of rotatable bonds is 9. The fourth-order valence-electron chi connectivity index (χ4n) is 1.08. The highest BCUT2D eigenvalue weighted by Crippen LogP contribution is 1.98. The Labute approximate surface area is 97.6 Å². The highest BCUT2D eigenvalue weighted by atomic mass is 16.5. The molecule has 0 spiro atoms. The summed E-state index contributed by atoms with van der Waals surface area (Å²) < 4.78 is 4.86. The highest BCUT2D eigenvalue weighted by molar-refractivity contribution is 5.77. The van der Waals surface area contributed by atoms with Gasteiger partial charge in [0.2, 0.25) is 5.91 Å². The van der Waals surface area contributed by atoms with Crippen molar-refractivity contribution in [3.8, 4) is 0 Å². The summed E-state index contributed by atoms with van der Waals surface area (Å²) in [5, 5.41) is 15.1. The second kappa shape index (κ2) is 9.57. The van der Waals surface area contributed by atoms with E-state index in [1.165, 1.54) is 0 Å². The van der Waals surface area contributed by atoms with Crippen LogP contribution in [0.3, 0.4) is 0 Å². The number of aliphatic hydroxyl groups excluding tert-OH is 1. The lowest BCUT2D eigenvalue weighted by molar-refractivity contribution is -0.120. The third-order valence-electron chi connectivity index (χ3n) is 2.26. The summed E-state index contributed by atoms with van der Waals surface area (Å²) in [5.74, 6) is 0.157. The van der Waals surface area contributed by atoms with Gasteiger partial charge in [-0.05, 0) is 12.3 Å². The maximum Gasteiger partial charge on any atom is 0.233 e. The molecule has 0 radical (unpaired) electrons. The number of carbonyl (C=O) groups is 1. The van der Waals surface area contributed by atoms with Crippen LogP contribution < -0.4 is 10.6 Å². The molecule has 0 rings (SSSR count). The quantitative estimate of drug-likeness (QED) is 0.479.